The molecule has 13 heteroatoms. The molecule has 1 aliphatic rings. The maximum atomic E-state index is 11.5. The third-order valence-electron chi connectivity index (χ3n) is 4.01. The summed E-state index contributed by atoms with van der Waals surface area (Å²) in [6.07, 6.45) is -4.91. The van der Waals surface area contributed by atoms with E-state index in [1.54, 1.807) is 0 Å². The van der Waals surface area contributed by atoms with Crippen molar-refractivity contribution in [1.29, 1.82) is 0 Å². The first-order valence-electron chi connectivity index (χ1n) is 8.61. The SMILES string of the molecule is C=CC(=O)Nc1ccc(O[C@@H]2O[C@H](COS(=O)(=O)O)[C@H](O)[C@H](O)[C@H]2NC(C)=O)cc1. The van der Waals surface area contributed by atoms with Crippen LogP contribution in [0.4, 0.5) is 5.69 Å². The van der Waals surface area contributed by atoms with E-state index >= 15 is 0 Å². The standard InChI is InChI=1S/C17H22N2O10S/c1-3-13(21)19-10-4-6-11(7-5-10)28-17-14(18-9(2)20)16(23)15(22)12(29-17)8-27-30(24,25)26/h3-7,12,14-17,22-23H,1,8H2,2H3,(H,18,20)(H,19,21)(H,24,25,26)/t12-,14-,15+,16-,17-/m1/s1. The topological polar surface area (TPSA) is 181 Å². The number of carbonyl (C=O) groups is 2. The summed E-state index contributed by atoms with van der Waals surface area (Å²) in [5, 5.41) is 25.4. The van der Waals surface area contributed by atoms with Crippen LogP contribution < -0.4 is 15.4 Å². The molecule has 0 aliphatic carbocycles. The predicted octanol–water partition coefficient (Wildman–Crippen LogP) is -1.04. The Hall–Kier alpha value is -2.55. The summed E-state index contributed by atoms with van der Waals surface area (Å²) in [5.41, 5.74) is 0.449. The van der Waals surface area contributed by atoms with Crippen LogP contribution in [-0.4, -0.2) is 72.2 Å². The number of aliphatic hydroxyl groups is 2. The Morgan fingerprint density at radius 3 is 2.40 bits per heavy atom. The van der Waals surface area contributed by atoms with Crippen molar-refractivity contribution in [2.45, 2.75) is 37.6 Å². The van der Waals surface area contributed by atoms with Crippen LogP contribution in [0, 0.1) is 0 Å². The summed E-state index contributed by atoms with van der Waals surface area (Å²) in [4.78, 5) is 22.8. The lowest BCUT2D eigenvalue weighted by Crippen LogP contribution is -2.65. The quantitative estimate of drug-likeness (QED) is 0.244. The summed E-state index contributed by atoms with van der Waals surface area (Å²) in [5.74, 6) is -0.743. The van der Waals surface area contributed by atoms with Crippen LogP contribution in [0.5, 0.6) is 5.75 Å². The zero-order chi connectivity index (χ0) is 22.5. The number of amides is 2. The lowest BCUT2D eigenvalue weighted by atomic mass is 9.97. The van der Waals surface area contributed by atoms with Crippen molar-refractivity contribution < 1.29 is 46.4 Å². The second-order valence-electron chi connectivity index (χ2n) is 6.30. The Morgan fingerprint density at radius 1 is 1.23 bits per heavy atom. The highest BCUT2D eigenvalue weighted by atomic mass is 32.3. The Labute approximate surface area is 172 Å². The van der Waals surface area contributed by atoms with Crippen LogP contribution in [-0.2, 0) is 28.9 Å². The minimum absolute atomic E-state index is 0.213. The van der Waals surface area contributed by atoms with Crippen molar-refractivity contribution in [2.75, 3.05) is 11.9 Å². The molecule has 0 radical (unpaired) electrons. The lowest BCUT2D eigenvalue weighted by Gasteiger charge is -2.42. The van der Waals surface area contributed by atoms with E-state index in [9.17, 15) is 28.2 Å². The molecular weight excluding hydrogens is 424 g/mol. The number of benzene rings is 1. The van der Waals surface area contributed by atoms with Gasteiger partial charge in [0.05, 0.1) is 6.61 Å². The van der Waals surface area contributed by atoms with E-state index in [-0.39, 0.29) is 5.75 Å². The van der Waals surface area contributed by atoms with Crippen LogP contribution in [0.15, 0.2) is 36.9 Å². The number of ether oxygens (including phenoxy) is 2. The first-order chi connectivity index (χ1) is 14.0. The molecule has 5 atom stereocenters. The van der Waals surface area contributed by atoms with Crippen molar-refractivity contribution in [1.82, 2.24) is 5.32 Å². The molecule has 2 amide bonds. The smallest absolute Gasteiger partial charge is 0.397 e. The number of nitrogens with one attached hydrogen (secondary N) is 2. The number of hydrogen-bond acceptors (Lipinski definition) is 9. The van der Waals surface area contributed by atoms with Gasteiger partial charge in [-0.2, -0.15) is 8.42 Å². The molecule has 1 aromatic carbocycles. The average molecular weight is 446 g/mol. The normalized spacial score (nSPS) is 26.5. The summed E-state index contributed by atoms with van der Waals surface area (Å²) in [6.45, 7) is 3.71. The Balaban J connectivity index is 2.17. The highest BCUT2D eigenvalue weighted by Gasteiger charge is 2.46. The zero-order valence-electron chi connectivity index (χ0n) is 15.8. The highest BCUT2D eigenvalue weighted by molar-refractivity contribution is 7.80. The summed E-state index contributed by atoms with van der Waals surface area (Å²) >= 11 is 0. The van der Waals surface area contributed by atoms with Gasteiger partial charge >= 0.3 is 10.4 Å². The van der Waals surface area contributed by atoms with Gasteiger partial charge in [-0.25, -0.2) is 4.18 Å². The second kappa shape index (κ2) is 9.97. The van der Waals surface area contributed by atoms with Gasteiger partial charge < -0.3 is 30.3 Å². The Morgan fingerprint density at radius 2 is 1.87 bits per heavy atom. The van der Waals surface area contributed by atoms with Crippen molar-refractivity contribution >= 4 is 27.9 Å². The van der Waals surface area contributed by atoms with Gasteiger partial charge in [-0.3, -0.25) is 14.1 Å². The highest BCUT2D eigenvalue weighted by Crippen LogP contribution is 2.26. The van der Waals surface area contributed by atoms with Crippen LogP contribution in [0.3, 0.4) is 0 Å². The molecule has 1 fully saturated rings. The fourth-order valence-electron chi connectivity index (χ4n) is 2.66. The van der Waals surface area contributed by atoms with Gasteiger partial charge in [0, 0.05) is 12.6 Å². The molecule has 1 saturated heterocycles. The molecule has 1 aromatic rings. The first kappa shape index (κ1) is 23.7. The maximum absolute atomic E-state index is 11.5. The number of carbonyl (C=O) groups excluding carboxylic acids is 2. The average Bonchev–Trinajstić information content (AvgIpc) is 2.67. The molecule has 0 aromatic heterocycles. The van der Waals surface area contributed by atoms with Gasteiger partial charge in [-0.15, -0.1) is 0 Å². The number of aliphatic hydroxyl groups excluding tert-OH is 2. The molecular formula is C17H22N2O10S. The number of anilines is 1. The molecule has 0 spiro atoms. The van der Waals surface area contributed by atoms with Gasteiger partial charge in [0.1, 0.15) is 30.1 Å². The maximum Gasteiger partial charge on any atom is 0.397 e. The molecule has 12 nitrogen and oxygen atoms in total. The minimum Gasteiger partial charge on any atom is -0.463 e. The molecule has 166 valence electrons. The zero-order valence-corrected chi connectivity index (χ0v) is 16.6. The van der Waals surface area contributed by atoms with Crippen LogP contribution >= 0.6 is 0 Å². The van der Waals surface area contributed by atoms with E-state index in [4.69, 9.17) is 14.0 Å². The number of rotatable bonds is 8. The third kappa shape index (κ3) is 6.76. The molecule has 2 rings (SSSR count). The van der Waals surface area contributed by atoms with Crippen molar-refractivity contribution in [3.8, 4) is 5.75 Å². The largest absolute Gasteiger partial charge is 0.463 e. The fourth-order valence-corrected chi connectivity index (χ4v) is 2.96. The lowest BCUT2D eigenvalue weighted by molar-refractivity contribution is -0.242. The van der Waals surface area contributed by atoms with Gasteiger partial charge in [-0.1, -0.05) is 6.58 Å². The molecule has 0 bridgehead atoms. The van der Waals surface area contributed by atoms with E-state index in [1.807, 2.05) is 0 Å². The van der Waals surface area contributed by atoms with Crippen molar-refractivity contribution in [3.05, 3.63) is 36.9 Å². The van der Waals surface area contributed by atoms with Crippen LogP contribution in [0.2, 0.25) is 0 Å². The van der Waals surface area contributed by atoms with E-state index in [0.717, 1.165) is 6.08 Å². The van der Waals surface area contributed by atoms with Crippen molar-refractivity contribution in [3.63, 3.8) is 0 Å². The Bertz CT molecular complexity index is 873. The van der Waals surface area contributed by atoms with Gasteiger partial charge in [0.2, 0.25) is 18.1 Å². The third-order valence-corrected chi connectivity index (χ3v) is 4.45. The van der Waals surface area contributed by atoms with E-state index in [1.165, 1.54) is 31.2 Å². The van der Waals surface area contributed by atoms with Crippen LogP contribution in [0.25, 0.3) is 0 Å². The molecule has 0 saturated carbocycles. The number of hydrogen-bond donors (Lipinski definition) is 5. The molecule has 0 unspecified atom stereocenters. The van der Waals surface area contributed by atoms with Crippen LogP contribution in [0.1, 0.15) is 6.92 Å². The summed E-state index contributed by atoms with van der Waals surface area (Å²) < 4.78 is 45.6. The fraction of sp³-hybridized carbons (Fsp3) is 0.412. The predicted molar refractivity (Wildman–Crippen MR) is 102 cm³/mol. The van der Waals surface area contributed by atoms with Gasteiger partial charge in [0.25, 0.3) is 0 Å². The van der Waals surface area contributed by atoms with E-state index in [2.05, 4.69) is 21.4 Å². The summed E-state index contributed by atoms with van der Waals surface area (Å²) in [6, 6.07) is 4.75. The Kier molecular flexibility index (Phi) is 7.89. The molecule has 1 aliphatic heterocycles. The second-order valence-corrected chi connectivity index (χ2v) is 7.39. The first-order valence-corrected chi connectivity index (χ1v) is 9.97. The minimum atomic E-state index is -4.82. The molecule has 5 N–H and O–H groups in total. The summed E-state index contributed by atoms with van der Waals surface area (Å²) in [7, 11) is -4.82. The van der Waals surface area contributed by atoms with Gasteiger partial charge in [-0.05, 0) is 30.3 Å². The van der Waals surface area contributed by atoms with Crippen molar-refractivity contribution in [2.24, 2.45) is 0 Å². The molecule has 30 heavy (non-hydrogen) atoms. The monoisotopic (exact) mass is 446 g/mol. The van der Waals surface area contributed by atoms with Gasteiger partial charge in [0.15, 0.2) is 0 Å². The van der Waals surface area contributed by atoms with E-state index < -0.39 is 59.5 Å². The van der Waals surface area contributed by atoms with E-state index in [0.29, 0.717) is 5.69 Å². The molecule has 1 heterocycles.